The number of alkyl halides is 3. The molecule has 1 rings (SSSR count). The molecule has 1 saturated heterocycles. The molecule has 0 spiro atoms. The van der Waals surface area contributed by atoms with Crippen LogP contribution in [0.25, 0.3) is 0 Å². The molecule has 0 saturated carbocycles. The molecule has 0 aromatic rings. The molecule has 1 heterocycles. The van der Waals surface area contributed by atoms with Crippen LogP contribution in [0.2, 0.25) is 0 Å². The van der Waals surface area contributed by atoms with Crippen molar-refractivity contribution in [3.05, 3.63) is 0 Å². The minimum absolute atomic E-state index is 0.00347. The number of nitrogens with zero attached hydrogens (tertiary/aromatic N) is 1. The summed E-state index contributed by atoms with van der Waals surface area (Å²) in [7, 11) is 2.97. The predicted octanol–water partition coefficient (Wildman–Crippen LogP) is 1.23. The fourth-order valence-corrected chi connectivity index (χ4v) is 1.77. The first-order chi connectivity index (χ1) is 5.90. The average Bonchev–Trinajstić information content (AvgIpc) is 2.03. The molecular formula is C8H15F3N2. The second kappa shape index (κ2) is 3.46. The van der Waals surface area contributed by atoms with Crippen LogP contribution in [0.3, 0.4) is 0 Å². The van der Waals surface area contributed by atoms with Crippen LogP contribution in [0, 0.1) is 0 Å². The highest BCUT2D eigenvalue weighted by molar-refractivity contribution is 4.99. The maximum Gasteiger partial charge on any atom is 0.408 e. The molecule has 0 aromatic heterocycles. The first-order valence-electron chi connectivity index (χ1n) is 4.35. The zero-order chi connectivity index (χ0) is 10.1. The van der Waals surface area contributed by atoms with E-state index in [4.69, 9.17) is 0 Å². The molecule has 1 N–H and O–H groups in total. The highest BCUT2D eigenvalue weighted by atomic mass is 19.4. The standard InChI is InChI=1S/C8H15F3N2/c1-13(2)7(8(9,10)11)4-3-5-12-6-7/h12H,3-6H2,1-2H3. The van der Waals surface area contributed by atoms with Gasteiger partial charge in [-0.15, -0.1) is 0 Å². The quantitative estimate of drug-likeness (QED) is 0.678. The van der Waals surface area contributed by atoms with Gasteiger partial charge in [0.05, 0.1) is 0 Å². The van der Waals surface area contributed by atoms with Gasteiger partial charge in [-0.05, 0) is 33.5 Å². The Balaban J connectivity index is 2.86. The zero-order valence-electron chi connectivity index (χ0n) is 7.91. The van der Waals surface area contributed by atoms with Gasteiger partial charge >= 0.3 is 6.18 Å². The summed E-state index contributed by atoms with van der Waals surface area (Å²) in [6.45, 7) is 0.690. The van der Waals surface area contributed by atoms with Crippen LogP contribution in [-0.4, -0.2) is 43.8 Å². The Morgan fingerprint density at radius 1 is 1.31 bits per heavy atom. The summed E-state index contributed by atoms with van der Waals surface area (Å²) >= 11 is 0. The Labute approximate surface area is 76.1 Å². The number of rotatable bonds is 1. The first kappa shape index (κ1) is 10.8. The van der Waals surface area contributed by atoms with Crippen molar-refractivity contribution in [1.29, 1.82) is 0 Å². The van der Waals surface area contributed by atoms with E-state index in [-0.39, 0.29) is 13.0 Å². The van der Waals surface area contributed by atoms with E-state index in [0.29, 0.717) is 13.0 Å². The minimum Gasteiger partial charge on any atom is -0.315 e. The van der Waals surface area contributed by atoms with Crippen molar-refractivity contribution in [2.75, 3.05) is 27.2 Å². The summed E-state index contributed by atoms with van der Waals surface area (Å²) < 4.78 is 38.3. The van der Waals surface area contributed by atoms with Gasteiger partial charge in [0.2, 0.25) is 0 Å². The van der Waals surface area contributed by atoms with E-state index < -0.39 is 11.7 Å². The molecule has 78 valence electrons. The van der Waals surface area contributed by atoms with E-state index in [1.165, 1.54) is 19.0 Å². The number of nitrogens with one attached hydrogen (secondary N) is 1. The lowest BCUT2D eigenvalue weighted by Gasteiger charge is -2.44. The highest BCUT2D eigenvalue weighted by Crippen LogP contribution is 2.38. The van der Waals surface area contributed by atoms with Crippen LogP contribution in [0.1, 0.15) is 12.8 Å². The van der Waals surface area contributed by atoms with E-state index in [2.05, 4.69) is 5.32 Å². The van der Waals surface area contributed by atoms with Gasteiger partial charge < -0.3 is 5.32 Å². The maximum absolute atomic E-state index is 12.8. The van der Waals surface area contributed by atoms with Crippen LogP contribution in [0.5, 0.6) is 0 Å². The molecule has 1 unspecified atom stereocenters. The third kappa shape index (κ3) is 1.81. The summed E-state index contributed by atoms with van der Waals surface area (Å²) in [4.78, 5) is 1.28. The summed E-state index contributed by atoms with van der Waals surface area (Å²) in [6.07, 6.45) is -3.38. The third-order valence-electron chi connectivity index (χ3n) is 2.75. The van der Waals surface area contributed by atoms with Gasteiger partial charge in [-0.2, -0.15) is 13.2 Å². The van der Waals surface area contributed by atoms with Gasteiger partial charge in [0.15, 0.2) is 0 Å². The van der Waals surface area contributed by atoms with E-state index in [1.807, 2.05) is 0 Å². The largest absolute Gasteiger partial charge is 0.408 e. The highest BCUT2D eigenvalue weighted by Gasteiger charge is 2.56. The molecule has 1 fully saturated rings. The summed E-state index contributed by atoms with van der Waals surface area (Å²) in [5, 5.41) is 2.80. The van der Waals surface area contributed by atoms with Gasteiger partial charge in [0, 0.05) is 6.54 Å². The number of hydrogen-bond donors (Lipinski definition) is 1. The topological polar surface area (TPSA) is 15.3 Å². The Bertz CT molecular complexity index is 171. The van der Waals surface area contributed by atoms with Crippen LogP contribution in [0.4, 0.5) is 13.2 Å². The lowest BCUT2D eigenvalue weighted by atomic mass is 9.88. The van der Waals surface area contributed by atoms with Crippen molar-refractivity contribution in [2.45, 2.75) is 24.6 Å². The SMILES string of the molecule is CN(C)C1(C(F)(F)F)CCCNC1. The van der Waals surface area contributed by atoms with E-state index in [9.17, 15) is 13.2 Å². The first-order valence-corrected chi connectivity index (χ1v) is 4.35. The number of piperidine rings is 1. The van der Waals surface area contributed by atoms with E-state index in [0.717, 1.165) is 0 Å². The van der Waals surface area contributed by atoms with Crippen molar-refractivity contribution < 1.29 is 13.2 Å². The van der Waals surface area contributed by atoms with Gasteiger partial charge in [-0.25, -0.2) is 0 Å². The van der Waals surface area contributed by atoms with Gasteiger partial charge in [-0.3, -0.25) is 4.90 Å². The molecular weight excluding hydrogens is 181 g/mol. The Morgan fingerprint density at radius 2 is 1.92 bits per heavy atom. The second-order valence-electron chi connectivity index (χ2n) is 3.70. The molecule has 13 heavy (non-hydrogen) atoms. The summed E-state index contributed by atoms with van der Waals surface area (Å²) in [5.41, 5.74) is -1.66. The van der Waals surface area contributed by atoms with Crippen LogP contribution >= 0.6 is 0 Å². The third-order valence-corrected chi connectivity index (χ3v) is 2.75. The van der Waals surface area contributed by atoms with Crippen molar-refractivity contribution in [3.63, 3.8) is 0 Å². The maximum atomic E-state index is 12.8. The number of halogens is 3. The van der Waals surface area contributed by atoms with E-state index in [1.54, 1.807) is 0 Å². The Kier molecular flexibility index (Phi) is 2.87. The molecule has 0 amide bonds. The van der Waals surface area contributed by atoms with Crippen molar-refractivity contribution >= 4 is 0 Å². The van der Waals surface area contributed by atoms with Crippen LogP contribution in [-0.2, 0) is 0 Å². The van der Waals surface area contributed by atoms with Crippen molar-refractivity contribution in [2.24, 2.45) is 0 Å². The van der Waals surface area contributed by atoms with Crippen LogP contribution in [0.15, 0.2) is 0 Å². The molecule has 0 aliphatic carbocycles. The van der Waals surface area contributed by atoms with Crippen molar-refractivity contribution in [1.82, 2.24) is 10.2 Å². The lowest BCUT2D eigenvalue weighted by molar-refractivity contribution is -0.229. The number of likely N-dealkylation sites (N-methyl/N-ethyl adjacent to an activating group) is 1. The Hall–Kier alpha value is -0.290. The minimum atomic E-state index is -4.15. The average molecular weight is 196 g/mol. The molecule has 2 nitrogen and oxygen atoms in total. The zero-order valence-corrected chi connectivity index (χ0v) is 7.91. The predicted molar refractivity (Wildman–Crippen MR) is 44.6 cm³/mol. The van der Waals surface area contributed by atoms with E-state index >= 15 is 0 Å². The number of hydrogen-bond acceptors (Lipinski definition) is 2. The smallest absolute Gasteiger partial charge is 0.315 e. The molecule has 1 aliphatic rings. The Morgan fingerprint density at radius 3 is 2.15 bits per heavy atom. The summed E-state index contributed by atoms with van der Waals surface area (Å²) in [6, 6.07) is 0. The molecule has 1 aliphatic heterocycles. The monoisotopic (exact) mass is 196 g/mol. The van der Waals surface area contributed by atoms with Gasteiger partial charge in [-0.1, -0.05) is 0 Å². The fraction of sp³-hybridized carbons (Fsp3) is 1.00. The second-order valence-corrected chi connectivity index (χ2v) is 3.70. The fourth-order valence-electron chi connectivity index (χ4n) is 1.77. The van der Waals surface area contributed by atoms with Gasteiger partial charge in [0.25, 0.3) is 0 Å². The molecule has 0 bridgehead atoms. The molecule has 5 heteroatoms. The normalized spacial score (nSPS) is 30.9. The summed E-state index contributed by atoms with van der Waals surface area (Å²) in [5.74, 6) is 0. The van der Waals surface area contributed by atoms with Crippen molar-refractivity contribution in [3.8, 4) is 0 Å². The van der Waals surface area contributed by atoms with Crippen LogP contribution < -0.4 is 5.32 Å². The molecule has 0 aromatic carbocycles. The lowest BCUT2D eigenvalue weighted by Crippen LogP contribution is -2.63. The van der Waals surface area contributed by atoms with Gasteiger partial charge in [0.1, 0.15) is 5.54 Å². The molecule has 0 radical (unpaired) electrons. The molecule has 1 atom stereocenters.